The molecule has 0 bridgehead atoms. The van der Waals surface area contributed by atoms with Crippen molar-refractivity contribution in [2.24, 2.45) is 11.8 Å². The fourth-order valence-corrected chi connectivity index (χ4v) is 3.86. The summed E-state index contributed by atoms with van der Waals surface area (Å²) in [4.78, 5) is 49.8. The lowest BCUT2D eigenvalue weighted by molar-refractivity contribution is -0.157. The lowest BCUT2D eigenvalue weighted by Crippen LogP contribution is -2.47. The summed E-state index contributed by atoms with van der Waals surface area (Å²) in [6.45, 7) is 0. The topological polar surface area (TPSA) is 112 Å². The second-order valence-electron chi connectivity index (χ2n) is 7.51. The molecule has 2 aromatic carbocycles. The van der Waals surface area contributed by atoms with E-state index in [0.717, 1.165) is 16.0 Å². The molecule has 156 valence electrons. The largest absolute Gasteiger partial charge is 0.481 e. The van der Waals surface area contributed by atoms with Crippen LogP contribution in [0.3, 0.4) is 0 Å². The summed E-state index contributed by atoms with van der Waals surface area (Å²) in [7, 11) is 0. The average Bonchev–Trinajstić information content (AvgIpc) is 2.99. The normalized spacial score (nSPS) is 18.3. The molecule has 0 radical (unpaired) electrons. The molecule has 1 aliphatic rings. The summed E-state index contributed by atoms with van der Waals surface area (Å²) < 4.78 is 0. The first-order valence-electron chi connectivity index (χ1n) is 9.76. The zero-order chi connectivity index (χ0) is 21.7. The second kappa shape index (κ2) is 9.35. The van der Waals surface area contributed by atoms with E-state index in [-0.39, 0.29) is 19.3 Å². The van der Waals surface area contributed by atoms with E-state index in [2.05, 4.69) is 0 Å². The fourth-order valence-electron chi connectivity index (χ4n) is 3.86. The van der Waals surface area contributed by atoms with Crippen molar-refractivity contribution in [3.05, 3.63) is 71.8 Å². The highest BCUT2D eigenvalue weighted by molar-refractivity contribution is 6.06. The van der Waals surface area contributed by atoms with Gasteiger partial charge in [0.1, 0.15) is 6.04 Å². The van der Waals surface area contributed by atoms with Gasteiger partial charge in [-0.3, -0.25) is 19.3 Å². The van der Waals surface area contributed by atoms with Crippen molar-refractivity contribution in [3.63, 3.8) is 0 Å². The number of imide groups is 1. The van der Waals surface area contributed by atoms with Crippen molar-refractivity contribution in [2.75, 3.05) is 0 Å². The van der Waals surface area contributed by atoms with Gasteiger partial charge in [-0.05, 0) is 30.4 Å². The minimum absolute atomic E-state index is 0.0755. The Bertz CT molecular complexity index is 927. The highest BCUT2D eigenvalue weighted by Gasteiger charge is 2.45. The van der Waals surface area contributed by atoms with Crippen molar-refractivity contribution < 1.29 is 29.4 Å². The zero-order valence-corrected chi connectivity index (χ0v) is 16.3. The molecule has 3 rings (SSSR count). The number of likely N-dealkylation sites (tertiary alicyclic amines) is 1. The lowest BCUT2D eigenvalue weighted by Gasteiger charge is -2.25. The summed E-state index contributed by atoms with van der Waals surface area (Å²) in [5.74, 6) is -5.35. The molecule has 3 atom stereocenters. The monoisotopic (exact) mass is 409 g/mol. The summed E-state index contributed by atoms with van der Waals surface area (Å²) in [5, 5.41) is 19.3. The Morgan fingerprint density at radius 3 is 2.00 bits per heavy atom. The highest BCUT2D eigenvalue weighted by atomic mass is 16.4. The summed E-state index contributed by atoms with van der Waals surface area (Å²) in [5.41, 5.74) is 1.62. The Kier molecular flexibility index (Phi) is 6.61. The van der Waals surface area contributed by atoms with E-state index in [1.807, 2.05) is 30.3 Å². The molecule has 1 heterocycles. The Balaban J connectivity index is 1.77. The first-order chi connectivity index (χ1) is 14.4. The molecule has 0 aromatic heterocycles. The van der Waals surface area contributed by atoms with Crippen LogP contribution in [0.2, 0.25) is 0 Å². The summed E-state index contributed by atoms with van der Waals surface area (Å²) in [6.07, 6.45) is 0.0350. The molecule has 2 amide bonds. The molecule has 0 aliphatic carbocycles. The van der Waals surface area contributed by atoms with E-state index < -0.39 is 41.6 Å². The van der Waals surface area contributed by atoms with Crippen molar-refractivity contribution >= 4 is 23.8 Å². The van der Waals surface area contributed by atoms with Gasteiger partial charge in [0.05, 0.1) is 11.8 Å². The van der Waals surface area contributed by atoms with Gasteiger partial charge in [-0.15, -0.1) is 0 Å². The van der Waals surface area contributed by atoms with Crippen LogP contribution in [0.25, 0.3) is 0 Å². The Morgan fingerprint density at radius 1 is 0.900 bits per heavy atom. The molecule has 2 unspecified atom stereocenters. The maximum Gasteiger partial charge on any atom is 0.326 e. The van der Waals surface area contributed by atoms with Gasteiger partial charge in [0.2, 0.25) is 11.8 Å². The maximum atomic E-state index is 12.9. The number of amides is 2. The van der Waals surface area contributed by atoms with Crippen molar-refractivity contribution in [1.29, 1.82) is 0 Å². The Labute approximate surface area is 173 Å². The van der Waals surface area contributed by atoms with Gasteiger partial charge in [0, 0.05) is 6.42 Å². The van der Waals surface area contributed by atoms with E-state index in [4.69, 9.17) is 0 Å². The number of hydrogen-bond donors (Lipinski definition) is 2. The fraction of sp³-hybridized carbons (Fsp3) is 0.304. The van der Waals surface area contributed by atoms with Crippen LogP contribution in [-0.2, 0) is 32.0 Å². The van der Waals surface area contributed by atoms with Gasteiger partial charge < -0.3 is 10.2 Å². The minimum atomic E-state index is -1.50. The number of rotatable bonds is 9. The van der Waals surface area contributed by atoms with Crippen molar-refractivity contribution in [2.45, 2.75) is 31.7 Å². The predicted octanol–water partition coefficient (Wildman–Crippen LogP) is 2.39. The highest BCUT2D eigenvalue weighted by Crippen LogP contribution is 2.28. The van der Waals surface area contributed by atoms with Crippen molar-refractivity contribution in [3.8, 4) is 0 Å². The number of carbonyl (C=O) groups is 4. The zero-order valence-electron chi connectivity index (χ0n) is 16.3. The minimum Gasteiger partial charge on any atom is -0.481 e. The third-order valence-electron chi connectivity index (χ3n) is 5.38. The molecular formula is C23H23NO6. The standard InChI is InChI=1S/C23H23NO6/c25-20-14-17(11-15-7-3-1-4-8-15)21(26)24(20)19(23(29)30)13-18(22(27)28)12-16-9-5-2-6-10-16/h1-10,17-19H,11-14H2,(H,27,28)(H,29,30)/t17?,18?,19-/m0/s1. The second-order valence-corrected chi connectivity index (χ2v) is 7.51. The number of nitrogens with zero attached hydrogens (tertiary/aromatic N) is 1. The number of aliphatic carboxylic acids is 2. The quantitative estimate of drug-likeness (QED) is 0.615. The number of carboxylic acids is 2. The number of benzene rings is 2. The van der Waals surface area contributed by atoms with Gasteiger partial charge >= 0.3 is 11.9 Å². The van der Waals surface area contributed by atoms with Crippen molar-refractivity contribution in [1.82, 2.24) is 4.90 Å². The Morgan fingerprint density at radius 2 is 1.47 bits per heavy atom. The van der Waals surface area contributed by atoms with Gasteiger partial charge in [0.25, 0.3) is 0 Å². The van der Waals surface area contributed by atoms with Gasteiger partial charge in [-0.1, -0.05) is 60.7 Å². The van der Waals surface area contributed by atoms with Gasteiger partial charge in [0.15, 0.2) is 0 Å². The average molecular weight is 409 g/mol. The number of carboxylic acid groups (broad SMARTS) is 2. The first-order valence-corrected chi connectivity index (χ1v) is 9.76. The van der Waals surface area contributed by atoms with Crippen LogP contribution in [-0.4, -0.2) is 44.9 Å². The third-order valence-corrected chi connectivity index (χ3v) is 5.38. The number of hydrogen-bond acceptors (Lipinski definition) is 4. The lowest BCUT2D eigenvalue weighted by atomic mass is 9.92. The van der Waals surface area contributed by atoms with Crippen LogP contribution in [0.4, 0.5) is 0 Å². The van der Waals surface area contributed by atoms with E-state index >= 15 is 0 Å². The summed E-state index contributed by atoms with van der Waals surface area (Å²) >= 11 is 0. The van der Waals surface area contributed by atoms with Crippen LogP contribution in [0.1, 0.15) is 24.0 Å². The molecule has 1 saturated heterocycles. The van der Waals surface area contributed by atoms with Crippen LogP contribution >= 0.6 is 0 Å². The third kappa shape index (κ3) is 4.92. The smallest absolute Gasteiger partial charge is 0.326 e. The number of carbonyl (C=O) groups excluding carboxylic acids is 2. The maximum absolute atomic E-state index is 12.9. The molecule has 2 N–H and O–H groups in total. The van der Waals surface area contributed by atoms with Crippen LogP contribution in [0.5, 0.6) is 0 Å². The van der Waals surface area contributed by atoms with E-state index in [9.17, 15) is 29.4 Å². The molecule has 0 saturated carbocycles. The van der Waals surface area contributed by atoms with Crippen LogP contribution in [0.15, 0.2) is 60.7 Å². The van der Waals surface area contributed by atoms with Gasteiger partial charge in [-0.25, -0.2) is 4.79 Å². The molecule has 0 spiro atoms. The molecule has 30 heavy (non-hydrogen) atoms. The van der Waals surface area contributed by atoms with E-state index in [1.165, 1.54) is 0 Å². The molecule has 1 aliphatic heterocycles. The Hall–Kier alpha value is -3.48. The molecule has 2 aromatic rings. The summed E-state index contributed by atoms with van der Waals surface area (Å²) in [6, 6.07) is 16.5. The molecule has 1 fully saturated rings. The molecule has 7 nitrogen and oxygen atoms in total. The van der Waals surface area contributed by atoms with E-state index in [0.29, 0.717) is 6.42 Å². The molecular weight excluding hydrogens is 386 g/mol. The van der Waals surface area contributed by atoms with Gasteiger partial charge in [-0.2, -0.15) is 0 Å². The SMILES string of the molecule is O=C(O)C(Cc1ccccc1)C[C@@H](C(=O)O)N1C(=O)CC(Cc2ccccc2)C1=O. The van der Waals surface area contributed by atoms with Crippen LogP contribution < -0.4 is 0 Å². The predicted molar refractivity (Wildman–Crippen MR) is 107 cm³/mol. The van der Waals surface area contributed by atoms with E-state index in [1.54, 1.807) is 30.3 Å². The first kappa shape index (κ1) is 21.2. The van der Waals surface area contributed by atoms with Crippen LogP contribution in [0, 0.1) is 11.8 Å². The molecule has 7 heteroatoms.